The maximum atomic E-state index is 10.8. The summed E-state index contributed by atoms with van der Waals surface area (Å²) in [6.07, 6.45) is 9.15. The van der Waals surface area contributed by atoms with Gasteiger partial charge in [-0.25, -0.2) is 9.78 Å². The predicted octanol–water partition coefficient (Wildman–Crippen LogP) is 3.37. The molecule has 2 rings (SSSR count). The van der Waals surface area contributed by atoms with Crippen LogP contribution >= 0.6 is 24.0 Å². The van der Waals surface area contributed by atoms with E-state index < -0.39 is 5.97 Å². The summed E-state index contributed by atoms with van der Waals surface area (Å²) >= 11 is 5.87. The number of hydrogen-bond acceptors (Lipinski definition) is 2. The van der Waals surface area contributed by atoms with Crippen molar-refractivity contribution in [3.63, 3.8) is 0 Å². The Labute approximate surface area is 121 Å². The van der Waals surface area contributed by atoms with Gasteiger partial charge in [-0.3, -0.25) is 0 Å². The van der Waals surface area contributed by atoms with Gasteiger partial charge in [-0.2, -0.15) is 0 Å². The highest BCUT2D eigenvalue weighted by molar-refractivity contribution is 6.33. The van der Waals surface area contributed by atoms with E-state index in [0.717, 1.165) is 5.56 Å². The molecule has 1 aromatic carbocycles. The molecule has 0 spiro atoms. The minimum Gasteiger partial charge on any atom is -0.478 e. The van der Waals surface area contributed by atoms with Crippen molar-refractivity contribution in [3.8, 4) is 0 Å². The van der Waals surface area contributed by atoms with Gasteiger partial charge in [-0.15, -0.1) is 12.4 Å². The fraction of sp³-hybridized carbons (Fsp3) is 0.0769. The Hall–Kier alpha value is -1.78. The molecule has 0 bridgehead atoms. The van der Waals surface area contributed by atoms with Crippen molar-refractivity contribution in [1.82, 2.24) is 9.55 Å². The number of benzene rings is 1. The van der Waals surface area contributed by atoms with E-state index in [4.69, 9.17) is 16.7 Å². The lowest BCUT2D eigenvalue weighted by atomic mass is 10.1. The molecule has 19 heavy (non-hydrogen) atoms. The fourth-order valence-electron chi connectivity index (χ4n) is 1.51. The second-order valence-electron chi connectivity index (χ2n) is 3.71. The van der Waals surface area contributed by atoms with Gasteiger partial charge in [0.05, 0.1) is 16.9 Å². The highest BCUT2D eigenvalue weighted by Crippen LogP contribution is 2.18. The Morgan fingerprint density at radius 1 is 1.47 bits per heavy atom. The predicted molar refractivity (Wildman–Crippen MR) is 76.9 cm³/mol. The first kappa shape index (κ1) is 15.3. The van der Waals surface area contributed by atoms with Crippen LogP contribution < -0.4 is 0 Å². The number of aromatic carboxylic acids is 1. The zero-order chi connectivity index (χ0) is 13.0. The van der Waals surface area contributed by atoms with Crippen molar-refractivity contribution in [2.75, 3.05) is 0 Å². The quantitative estimate of drug-likeness (QED) is 0.941. The first-order valence-corrected chi connectivity index (χ1v) is 5.70. The Bertz CT molecular complexity index is 580. The van der Waals surface area contributed by atoms with Crippen molar-refractivity contribution < 1.29 is 9.90 Å². The molecule has 0 aliphatic heterocycles. The molecule has 1 heterocycles. The van der Waals surface area contributed by atoms with Crippen LogP contribution in [0.4, 0.5) is 0 Å². The maximum absolute atomic E-state index is 10.8. The van der Waals surface area contributed by atoms with Crippen molar-refractivity contribution in [2.24, 2.45) is 0 Å². The van der Waals surface area contributed by atoms with E-state index in [9.17, 15) is 4.79 Å². The largest absolute Gasteiger partial charge is 0.478 e. The van der Waals surface area contributed by atoms with E-state index >= 15 is 0 Å². The van der Waals surface area contributed by atoms with Crippen molar-refractivity contribution >= 4 is 36.1 Å². The van der Waals surface area contributed by atoms with Crippen LogP contribution in [-0.4, -0.2) is 20.6 Å². The summed E-state index contributed by atoms with van der Waals surface area (Å²) in [5.41, 5.74) is 0.980. The molecule has 1 N–H and O–H groups in total. The molecule has 0 unspecified atom stereocenters. The van der Waals surface area contributed by atoms with Gasteiger partial charge in [0.2, 0.25) is 0 Å². The van der Waals surface area contributed by atoms with Crippen molar-refractivity contribution in [2.45, 2.75) is 6.54 Å². The number of hydrogen-bond donors (Lipinski definition) is 1. The summed E-state index contributed by atoms with van der Waals surface area (Å²) in [5.74, 6) is -1.02. The van der Waals surface area contributed by atoms with Gasteiger partial charge < -0.3 is 9.67 Å². The van der Waals surface area contributed by atoms with Crippen LogP contribution in [0.2, 0.25) is 5.02 Å². The van der Waals surface area contributed by atoms with E-state index in [0.29, 0.717) is 6.54 Å². The van der Waals surface area contributed by atoms with Gasteiger partial charge in [0.15, 0.2) is 0 Å². The van der Waals surface area contributed by atoms with Gasteiger partial charge in [0.25, 0.3) is 0 Å². The van der Waals surface area contributed by atoms with Gasteiger partial charge in [-0.1, -0.05) is 29.8 Å². The first-order chi connectivity index (χ1) is 8.66. The van der Waals surface area contributed by atoms with Gasteiger partial charge in [0.1, 0.15) is 0 Å². The molecule has 2 aromatic rings. The summed E-state index contributed by atoms with van der Waals surface area (Å²) in [4.78, 5) is 14.7. The molecular formula is C13H12Cl2N2O2. The number of nitrogens with zero attached hydrogens (tertiary/aromatic N) is 2. The van der Waals surface area contributed by atoms with Gasteiger partial charge >= 0.3 is 5.97 Å². The lowest BCUT2D eigenvalue weighted by Gasteiger charge is -2.00. The van der Waals surface area contributed by atoms with E-state index in [2.05, 4.69) is 4.98 Å². The highest BCUT2D eigenvalue weighted by Gasteiger charge is 2.07. The molecule has 6 heteroatoms. The molecule has 1 aromatic heterocycles. The lowest BCUT2D eigenvalue weighted by Crippen LogP contribution is -1.97. The smallest absolute Gasteiger partial charge is 0.337 e. The zero-order valence-corrected chi connectivity index (χ0v) is 11.4. The number of carbonyl (C=O) groups is 1. The second-order valence-corrected chi connectivity index (χ2v) is 4.11. The second kappa shape index (κ2) is 6.97. The number of allylic oxidation sites excluding steroid dienone is 1. The molecule has 0 aliphatic rings. The number of halogens is 2. The molecule has 0 radical (unpaired) electrons. The SMILES string of the molecule is Cl.O=C(O)c1ccc(/C=C/Cn2ccnc2)cc1Cl. The van der Waals surface area contributed by atoms with Crippen LogP contribution in [-0.2, 0) is 6.54 Å². The van der Waals surface area contributed by atoms with E-state index in [1.807, 2.05) is 22.9 Å². The van der Waals surface area contributed by atoms with E-state index in [1.54, 1.807) is 24.7 Å². The van der Waals surface area contributed by atoms with E-state index in [1.165, 1.54) is 6.07 Å². The standard InChI is InChI=1S/C13H11ClN2O2.ClH/c14-12-8-10(3-4-11(12)13(17)18)2-1-6-16-7-5-15-9-16;/h1-5,7-9H,6H2,(H,17,18);1H/b2-1+;. The third-order valence-electron chi connectivity index (χ3n) is 2.41. The highest BCUT2D eigenvalue weighted by atomic mass is 35.5. The summed E-state index contributed by atoms with van der Waals surface area (Å²) in [5, 5.41) is 9.09. The summed E-state index contributed by atoms with van der Waals surface area (Å²) in [6.45, 7) is 0.707. The summed E-state index contributed by atoms with van der Waals surface area (Å²) < 4.78 is 1.92. The Morgan fingerprint density at radius 2 is 2.26 bits per heavy atom. The normalized spacial score (nSPS) is 10.4. The number of aromatic nitrogens is 2. The van der Waals surface area contributed by atoms with Gasteiger partial charge in [0, 0.05) is 18.9 Å². The van der Waals surface area contributed by atoms with E-state index in [-0.39, 0.29) is 23.0 Å². The zero-order valence-electron chi connectivity index (χ0n) is 9.86. The molecule has 0 saturated heterocycles. The third-order valence-corrected chi connectivity index (χ3v) is 2.72. The molecule has 0 fully saturated rings. The monoisotopic (exact) mass is 298 g/mol. The van der Waals surface area contributed by atoms with Gasteiger partial charge in [-0.05, 0) is 17.7 Å². The van der Waals surface area contributed by atoms with Crippen LogP contribution in [0.25, 0.3) is 6.08 Å². The summed E-state index contributed by atoms with van der Waals surface area (Å²) in [7, 11) is 0. The van der Waals surface area contributed by atoms with Crippen LogP contribution in [0, 0.1) is 0 Å². The Morgan fingerprint density at radius 3 is 2.84 bits per heavy atom. The van der Waals surface area contributed by atoms with Crippen molar-refractivity contribution in [3.05, 3.63) is 59.1 Å². The first-order valence-electron chi connectivity index (χ1n) is 5.32. The van der Waals surface area contributed by atoms with Crippen LogP contribution in [0.3, 0.4) is 0 Å². The molecular weight excluding hydrogens is 287 g/mol. The average Bonchev–Trinajstić information content (AvgIpc) is 2.81. The summed E-state index contributed by atoms with van der Waals surface area (Å²) in [6, 6.07) is 4.86. The van der Waals surface area contributed by atoms with Crippen LogP contribution in [0.1, 0.15) is 15.9 Å². The molecule has 0 aliphatic carbocycles. The number of rotatable bonds is 4. The lowest BCUT2D eigenvalue weighted by molar-refractivity contribution is 0.0697. The maximum Gasteiger partial charge on any atom is 0.337 e. The molecule has 0 saturated carbocycles. The Balaban J connectivity index is 0.00000180. The minimum atomic E-state index is -1.02. The number of carboxylic acids is 1. The van der Waals surface area contributed by atoms with Crippen LogP contribution in [0.15, 0.2) is 43.0 Å². The minimum absolute atomic E-state index is 0. The third kappa shape index (κ3) is 4.12. The topological polar surface area (TPSA) is 55.1 Å². The average molecular weight is 299 g/mol. The number of imidazole rings is 1. The molecule has 0 atom stereocenters. The molecule has 4 nitrogen and oxygen atoms in total. The Kier molecular flexibility index (Phi) is 5.60. The van der Waals surface area contributed by atoms with Crippen LogP contribution in [0.5, 0.6) is 0 Å². The number of carboxylic acid groups (broad SMARTS) is 1. The van der Waals surface area contributed by atoms with Crippen molar-refractivity contribution in [1.29, 1.82) is 0 Å². The molecule has 100 valence electrons. The fourth-order valence-corrected chi connectivity index (χ4v) is 1.78. The molecule has 0 amide bonds.